The van der Waals surface area contributed by atoms with Crippen LogP contribution in [0.2, 0.25) is 0 Å². The van der Waals surface area contributed by atoms with Crippen molar-refractivity contribution in [2.75, 3.05) is 0 Å². The first-order valence-electron chi connectivity index (χ1n) is 8.70. The summed E-state index contributed by atoms with van der Waals surface area (Å²) in [5, 5.41) is 10.4. The van der Waals surface area contributed by atoms with Crippen molar-refractivity contribution in [1.82, 2.24) is 0 Å². The van der Waals surface area contributed by atoms with Crippen LogP contribution in [0.3, 0.4) is 0 Å². The number of allylic oxidation sites excluding steroid dienone is 5. The van der Waals surface area contributed by atoms with Crippen molar-refractivity contribution in [3.63, 3.8) is 0 Å². The standard InChI is InChI=1S/C20H30O/c1-12(2)18-15-8-9-16-14(7-6-10-20(16,4)5)19(15)13(3)11-17(18)21/h11-13,16,21H,6-10H2,1-5H3/t13-,16?/m0/s1. The zero-order chi connectivity index (χ0) is 15.4. The van der Waals surface area contributed by atoms with E-state index in [-0.39, 0.29) is 0 Å². The van der Waals surface area contributed by atoms with E-state index in [9.17, 15) is 5.11 Å². The maximum Gasteiger partial charge on any atom is 0.115 e. The molecular formula is C20H30O. The average molecular weight is 286 g/mol. The molecule has 1 N–H and O–H groups in total. The van der Waals surface area contributed by atoms with E-state index < -0.39 is 0 Å². The molecule has 0 bridgehead atoms. The lowest BCUT2D eigenvalue weighted by atomic mass is 9.58. The molecule has 0 spiro atoms. The molecule has 116 valence electrons. The van der Waals surface area contributed by atoms with Crippen LogP contribution in [0.15, 0.2) is 34.1 Å². The van der Waals surface area contributed by atoms with Crippen molar-refractivity contribution in [1.29, 1.82) is 0 Å². The van der Waals surface area contributed by atoms with Crippen LogP contribution in [0.5, 0.6) is 0 Å². The van der Waals surface area contributed by atoms with Gasteiger partial charge in [-0.25, -0.2) is 0 Å². The van der Waals surface area contributed by atoms with Gasteiger partial charge in [-0.3, -0.25) is 0 Å². The molecule has 0 aromatic rings. The van der Waals surface area contributed by atoms with Gasteiger partial charge in [0.15, 0.2) is 0 Å². The Hall–Kier alpha value is -0.980. The Balaban J connectivity index is 2.17. The first-order chi connectivity index (χ1) is 9.83. The van der Waals surface area contributed by atoms with Crippen LogP contribution in [0, 0.1) is 23.2 Å². The number of aliphatic hydroxyl groups is 1. The Labute approximate surface area is 129 Å². The van der Waals surface area contributed by atoms with E-state index in [1.165, 1.54) is 36.8 Å². The smallest absolute Gasteiger partial charge is 0.115 e. The largest absolute Gasteiger partial charge is 0.508 e. The zero-order valence-electron chi connectivity index (χ0n) is 14.3. The molecule has 1 nitrogen and oxygen atoms in total. The Morgan fingerprint density at radius 3 is 2.62 bits per heavy atom. The highest BCUT2D eigenvalue weighted by Gasteiger charge is 2.41. The van der Waals surface area contributed by atoms with E-state index in [0.717, 1.165) is 12.3 Å². The predicted molar refractivity (Wildman–Crippen MR) is 89.1 cm³/mol. The molecule has 0 saturated heterocycles. The van der Waals surface area contributed by atoms with Crippen LogP contribution >= 0.6 is 0 Å². The Morgan fingerprint density at radius 2 is 1.95 bits per heavy atom. The second kappa shape index (κ2) is 5.04. The summed E-state index contributed by atoms with van der Waals surface area (Å²) in [4.78, 5) is 0. The number of aliphatic hydroxyl groups excluding tert-OH is 1. The molecule has 0 aromatic carbocycles. The van der Waals surface area contributed by atoms with Gasteiger partial charge in [0.25, 0.3) is 0 Å². The molecule has 1 fully saturated rings. The van der Waals surface area contributed by atoms with Gasteiger partial charge in [-0.1, -0.05) is 40.2 Å². The molecule has 1 saturated carbocycles. The van der Waals surface area contributed by atoms with Gasteiger partial charge >= 0.3 is 0 Å². The zero-order valence-corrected chi connectivity index (χ0v) is 14.3. The van der Waals surface area contributed by atoms with Crippen molar-refractivity contribution in [2.45, 2.75) is 66.7 Å². The highest BCUT2D eigenvalue weighted by molar-refractivity contribution is 5.54. The summed E-state index contributed by atoms with van der Waals surface area (Å²) in [6, 6.07) is 0. The van der Waals surface area contributed by atoms with Crippen molar-refractivity contribution < 1.29 is 5.11 Å². The van der Waals surface area contributed by atoms with Crippen LogP contribution in [0.1, 0.15) is 66.7 Å². The van der Waals surface area contributed by atoms with Crippen LogP contribution < -0.4 is 0 Å². The van der Waals surface area contributed by atoms with Crippen molar-refractivity contribution in [3.8, 4) is 0 Å². The first-order valence-corrected chi connectivity index (χ1v) is 8.70. The van der Waals surface area contributed by atoms with Gasteiger partial charge in [0, 0.05) is 5.92 Å². The number of hydrogen-bond donors (Lipinski definition) is 1. The highest BCUT2D eigenvalue weighted by Crippen LogP contribution is 2.54. The van der Waals surface area contributed by atoms with Crippen LogP contribution in [0.25, 0.3) is 0 Å². The maximum absolute atomic E-state index is 10.4. The van der Waals surface area contributed by atoms with Crippen LogP contribution in [-0.2, 0) is 0 Å². The molecule has 3 rings (SSSR count). The summed E-state index contributed by atoms with van der Waals surface area (Å²) < 4.78 is 0. The normalized spacial score (nSPS) is 32.0. The summed E-state index contributed by atoms with van der Waals surface area (Å²) >= 11 is 0. The minimum absolute atomic E-state index is 0.384. The predicted octanol–water partition coefficient (Wildman–Crippen LogP) is 5.95. The van der Waals surface area contributed by atoms with E-state index in [1.807, 2.05) is 0 Å². The topological polar surface area (TPSA) is 20.2 Å². The third-order valence-corrected chi connectivity index (χ3v) is 6.03. The molecule has 3 aliphatic carbocycles. The lowest BCUT2D eigenvalue weighted by molar-refractivity contribution is 0.172. The van der Waals surface area contributed by atoms with Gasteiger partial charge in [0.2, 0.25) is 0 Å². The molecule has 1 unspecified atom stereocenters. The molecule has 2 atom stereocenters. The van der Waals surface area contributed by atoms with Gasteiger partial charge in [0.05, 0.1) is 0 Å². The Morgan fingerprint density at radius 1 is 1.24 bits per heavy atom. The highest BCUT2D eigenvalue weighted by atomic mass is 16.3. The molecule has 1 heteroatoms. The van der Waals surface area contributed by atoms with E-state index in [4.69, 9.17) is 0 Å². The first kappa shape index (κ1) is 14.9. The van der Waals surface area contributed by atoms with Crippen molar-refractivity contribution in [3.05, 3.63) is 34.1 Å². The van der Waals surface area contributed by atoms with Gasteiger partial charge in [0.1, 0.15) is 5.76 Å². The van der Waals surface area contributed by atoms with Gasteiger partial charge in [-0.15, -0.1) is 0 Å². The number of fused-ring (bicyclic) bond motifs is 2. The third-order valence-electron chi connectivity index (χ3n) is 6.03. The summed E-state index contributed by atoms with van der Waals surface area (Å²) in [5.41, 5.74) is 6.48. The van der Waals surface area contributed by atoms with Crippen molar-refractivity contribution in [2.24, 2.45) is 23.2 Å². The second-order valence-electron chi connectivity index (χ2n) is 8.26. The van der Waals surface area contributed by atoms with Gasteiger partial charge in [-0.05, 0) is 72.2 Å². The third kappa shape index (κ3) is 2.29. The Bertz CT molecular complexity index is 542. The van der Waals surface area contributed by atoms with E-state index in [1.54, 1.807) is 11.1 Å². The minimum atomic E-state index is 0.384. The molecule has 0 heterocycles. The van der Waals surface area contributed by atoms with Gasteiger partial charge in [-0.2, -0.15) is 0 Å². The summed E-state index contributed by atoms with van der Waals surface area (Å²) in [7, 11) is 0. The molecule has 0 aliphatic heterocycles. The molecule has 21 heavy (non-hydrogen) atoms. The minimum Gasteiger partial charge on any atom is -0.508 e. The summed E-state index contributed by atoms with van der Waals surface area (Å²) in [6.45, 7) is 11.6. The van der Waals surface area contributed by atoms with E-state index in [0.29, 0.717) is 23.0 Å². The SMILES string of the molecule is CC(C)C1=C2CCC3C(=C2[C@@H](C)C=C1O)CCCC3(C)C. The van der Waals surface area contributed by atoms with Crippen LogP contribution in [-0.4, -0.2) is 5.11 Å². The lowest BCUT2D eigenvalue weighted by Crippen LogP contribution is -2.34. The monoisotopic (exact) mass is 286 g/mol. The fourth-order valence-corrected chi connectivity index (χ4v) is 5.11. The second-order valence-corrected chi connectivity index (χ2v) is 8.26. The summed E-state index contributed by atoms with van der Waals surface area (Å²) in [6.07, 6.45) is 8.48. The van der Waals surface area contributed by atoms with Crippen molar-refractivity contribution >= 4 is 0 Å². The number of rotatable bonds is 1. The fourth-order valence-electron chi connectivity index (χ4n) is 5.11. The molecular weight excluding hydrogens is 256 g/mol. The molecule has 3 aliphatic rings. The molecule has 0 amide bonds. The maximum atomic E-state index is 10.4. The fraction of sp³-hybridized carbons (Fsp3) is 0.700. The number of hydrogen-bond acceptors (Lipinski definition) is 1. The molecule has 0 aromatic heterocycles. The lowest BCUT2D eigenvalue weighted by Gasteiger charge is -2.47. The van der Waals surface area contributed by atoms with E-state index in [2.05, 4.69) is 40.7 Å². The quantitative estimate of drug-likeness (QED) is 0.631. The van der Waals surface area contributed by atoms with Crippen LogP contribution in [0.4, 0.5) is 0 Å². The Kier molecular flexibility index (Phi) is 3.58. The van der Waals surface area contributed by atoms with E-state index >= 15 is 0 Å². The summed E-state index contributed by atoms with van der Waals surface area (Å²) in [5.74, 6) is 2.10. The average Bonchev–Trinajstić information content (AvgIpc) is 2.36. The molecule has 0 radical (unpaired) electrons. The van der Waals surface area contributed by atoms with Gasteiger partial charge < -0.3 is 5.11 Å².